The van der Waals surface area contributed by atoms with Crippen LogP contribution in [0, 0.1) is 17.6 Å². The Balaban J connectivity index is 2.84. The van der Waals surface area contributed by atoms with E-state index in [2.05, 4.69) is 5.43 Å². The minimum atomic E-state index is -1.07. The van der Waals surface area contributed by atoms with Gasteiger partial charge in [0, 0.05) is 12.6 Å². The molecule has 2 amide bonds. The van der Waals surface area contributed by atoms with Crippen LogP contribution in [0.4, 0.5) is 8.78 Å². The Hall–Kier alpha value is -2.09. The van der Waals surface area contributed by atoms with Gasteiger partial charge >= 0.3 is 0 Å². The lowest BCUT2D eigenvalue weighted by molar-refractivity contribution is -0.134. The van der Waals surface area contributed by atoms with Crippen LogP contribution >= 0.6 is 12.2 Å². The molecule has 1 aromatic rings. The minimum Gasteiger partial charge on any atom is -0.369 e. The van der Waals surface area contributed by atoms with Crippen molar-refractivity contribution < 1.29 is 18.4 Å². The summed E-state index contributed by atoms with van der Waals surface area (Å²) in [6, 6.07) is 2.80. The number of rotatable bonds is 3. The summed E-state index contributed by atoms with van der Waals surface area (Å²) < 4.78 is 26.6. The van der Waals surface area contributed by atoms with E-state index in [1.807, 2.05) is 0 Å². The summed E-state index contributed by atoms with van der Waals surface area (Å²) in [5.41, 5.74) is 7.08. The number of carbonyl (C=O) groups excluding carboxylic acids is 2. The van der Waals surface area contributed by atoms with Crippen molar-refractivity contribution >= 4 is 29.0 Å². The van der Waals surface area contributed by atoms with E-state index in [1.54, 1.807) is 0 Å². The summed E-state index contributed by atoms with van der Waals surface area (Å²) in [7, 11) is 1.35. The second kappa shape index (κ2) is 6.38. The molecule has 0 bridgehead atoms. The highest BCUT2D eigenvalue weighted by atomic mass is 32.1. The monoisotopic (exact) mass is 301 g/mol. The number of carbonyl (C=O) groups is 2. The van der Waals surface area contributed by atoms with Crippen molar-refractivity contribution in [3.63, 3.8) is 0 Å². The standard InChI is InChI=1S/C12H13F2N3O2S/c1-6(10(15)18)11(19)16-17(2)12(20)8-5-7(13)3-4-9(8)14/h3-6H,1-2H3,(H2,15,18)(H,16,19). The summed E-state index contributed by atoms with van der Waals surface area (Å²) in [6.45, 7) is 1.32. The predicted molar refractivity (Wildman–Crippen MR) is 72.3 cm³/mol. The van der Waals surface area contributed by atoms with Crippen molar-refractivity contribution in [3.8, 4) is 0 Å². The lowest BCUT2D eigenvalue weighted by Crippen LogP contribution is -2.47. The third-order valence-corrected chi connectivity index (χ3v) is 3.06. The lowest BCUT2D eigenvalue weighted by Gasteiger charge is -2.22. The molecule has 3 N–H and O–H groups in total. The summed E-state index contributed by atoms with van der Waals surface area (Å²) >= 11 is 4.95. The molecule has 0 aliphatic rings. The molecule has 20 heavy (non-hydrogen) atoms. The Morgan fingerprint density at radius 2 is 2.00 bits per heavy atom. The van der Waals surface area contributed by atoms with Crippen LogP contribution in [0.1, 0.15) is 12.5 Å². The van der Waals surface area contributed by atoms with Gasteiger partial charge in [0.15, 0.2) is 0 Å². The summed E-state index contributed by atoms with van der Waals surface area (Å²) in [4.78, 5) is 22.3. The molecule has 0 heterocycles. The maximum atomic E-state index is 13.5. The van der Waals surface area contributed by atoms with Gasteiger partial charge in [0.05, 0.1) is 0 Å². The van der Waals surface area contributed by atoms with Gasteiger partial charge in [0.2, 0.25) is 5.91 Å². The van der Waals surface area contributed by atoms with E-state index in [-0.39, 0.29) is 10.6 Å². The minimum absolute atomic E-state index is 0.132. The van der Waals surface area contributed by atoms with Crippen LogP contribution in [-0.4, -0.2) is 28.9 Å². The normalized spacial score (nSPS) is 11.6. The van der Waals surface area contributed by atoms with Crippen LogP contribution in [0.3, 0.4) is 0 Å². The molecular weight excluding hydrogens is 288 g/mol. The fraction of sp³-hybridized carbons (Fsp3) is 0.250. The van der Waals surface area contributed by atoms with Crippen LogP contribution in [0.25, 0.3) is 0 Å². The first-order chi connectivity index (χ1) is 9.23. The maximum absolute atomic E-state index is 13.5. The van der Waals surface area contributed by atoms with E-state index >= 15 is 0 Å². The fourth-order valence-electron chi connectivity index (χ4n) is 1.28. The molecule has 1 aromatic carbocycles. The van der Waals surface area contributed by atoms with E-state index in [9.17, 15) is 18.4 Å². The van der Waals surface area contributed by atoms with Gasteiger partial charge in [-0.1, -0.05) is 12.2 Å². The molecule has 0 fully saturated rings. The molecule has 0 saturated heterocycles. The van der Waals surface area contributed by atoms with Gasteiger partial charge in [-0.05, 0) is 25.1 Å². The number of primary amides is 1. The number of amides is 2. The van der Waals surface area contributed by atoms with Gasteiger partial charge in [-0.25, -0.2) is 8.78 Å². The van der Waals surface area contributed by atoms with Crippen molar-refractivity contribution in [2.24, 2.45) is 11.7 Å². The first-order valence-corrected chi connectivity index (χ1v) is 5.97. The first-order valence-electron chi connectivity index (χ1n) is 5.57. The quantitative estimate of drug-likeness (QED) is 0.490. The number of hydrazine groups is 1. The Morgan fingerprint density at radius 3 is 2.55 bits per heavy atom. The van der Waals surface area contributed by atoms with Gasteiger partial charge in [0.25, 0.3) is 5.91 Å². The molecule has 1 rings (SSSR count). The van der Waals surface area contributed by atoms with E-state index in [0.717, 1.165) is 23.2 Å². The molecule has 5 nitrogen and oxygen atoms in total. The summed E-state index contributed by atoms with van der Waals surface area (Å²) in [6.07, 6.45) is 0. The predicted octanol–water partition coefficient (Wildman–Crippen LogP) is 0.725. The molecule has 1 atom stereocenters. The number of nitrogens with one attached hydrogen (secondary N) is 1. The van der Waals surface area contributed by atoms with Gasteiger partial charge in [0.1, 0.15) is 22.5 Å². The van der Waals surface area contributed by atoms with Crippen molar-refractivity contribution in [2.45, 2.75) is 6.92 Å². The fourth-order valence-corrected chi connectivity index (χ4v) is 1.49. The Morgan fingerprint density at radius 1 is 1.40 bits per heavy atom. The molecule has 0 aromatic heterocycles. The number of hydrogen-bond donors (Lipinski definition) is 2. The maximum Gasteiger partial charge on any atom is 0.250 e. The van der Waals surface area contributed by atoms with Crippen molar-refractivity contribution in [1.29, 1.82) is 0 Å². The topological polar surface area (TPSA) is 75.4 Å². The van der Waals surface area contributed by atoms with Crippen LogP contribution in [0.2, 0.25) is 0 Å². The zero-order valence-corrected chi connectivity index (χ0v) is 11.6. The third-order valence-electron chi connectivity index (χ3n) is 2.56. The molecule has 0 aliphatic carbocycles. The van der Waals surface area contributed by atoms with Gasteiger partial charge in [-0.2, -0.15) is 0 Å². The van der Waals surface area contributed by atoms with E-state index in [0.29, 0.717) is 0 Å². The number of nitrogens with zero attached hydrogens (tertiary/aromatic N) is 1. The third kappa shape index (κ3) is 3.70. The smallest absolute Gasteiger partial charge is 0.250 e. The largest absolute Gasteiger partial charge is 0.369 e. The molecule has 0 saturated carbocycles. The highest BCUT2D eigenvalue weighted by Gasteiger charge is 2.21. The second-order valence-electron chi connectivity index (χ2n) is 4.09. The van der Waals surface area contributed by atoms with Crippen LogP contribution in [-0.2, 0) is 9.59 Å². The molecule has 1 unspecified atom stereocenters. The molecule has 0 radical (unpaired) electrons. The highest BCUT2D eigenvalue weighted by Crippen LogP contribution is 2.12. The Bertz CT molecular complexity index is 566. The van der Waals surface area contributed by atoms with Crippen molar-refractivity contribution in [2.75, 3.05) is 7.05 Å². The molecule has 0 aliphatic heterocycles. The molecule has 0 spiro atoms. The molecule has 8 heteroatoms. The number of nitrogens with two attached hydrogens (primary N) is 1. The van der Waals surface area contributed by atoms with Gasteiger partial charge in [-0.3, -0.25) is 20.0 Å². The number of halogens is 2. The number of hydrogen-bond acceptors (Lipinski definition) is 3. The number of thiocarbonyl (C=S) groups is 1. The average molecular weight is 301 g/mol. The Kier molecular flexibility index (Phi) is 5.09. The lowest BCUT2D eigenvalue weighted by atomic mass is 10.1. The SMILES string of the molecule is CC(C(N)=O)C(=O)NN(C)C(=S)c1cc(F)ccc1F. The number of benzene rings is 1. The van der Waals surface area contributed by atoms with Crippen LogP contribution in [0.15, 0.2) is 18.2 Å². The highest BCUT2D eigenvalue weighted by molar-refractivity contribution is 7.80. The van der Waals surface area contributed by atoms with E-state index < -0.39 is 29.4 Å². The second-order valence-corrected chi connectivity index (χ2v) is 4.48. The van der Waals surface area contributed by atoms with E-state index in [1.165, 1.54) is 14.0 Å². The summed E-state index contributed by atoms with van der Waals surface area (Å²) in [5.74, 6) is -3.95. The van der Waals surface area contributed by atoms with Gasteiger partial charge in [-0.15, -0.1) is 0 Å². The van der Waals surface area contributed by atoms with Gasteiger partial charge < -0.3 is 5.73 Å². The Labute approximate surface area is 119 Å². The first kappa shape index (κ1) is 16.0. The average Bonchev–Trinajstić information content (AvgIpc) is 2.39. The van der Waals surface area contributed by atoms with Crippen molar-refractivity contribution in [3.05, 3.63) is 35.4 Å². The van der Waals surface area contributed by atoms with Crippen LogP contribution in [0.5, 0.6) is 0 Å². The van der Waals surface area contributed by atoms with E-state index in [4.69, 9.17) is 18.0 Å². The summed E-state index contributed by atoms with van der Waals surface area (Å²) in [5, 5.41) is 1.02. The zero-order valence-electron chi connectivity index (χ0n) is 10.8. The zero-order chi connectivity index (χ0) is 15.4. The van der Waals surface area contributed by atoms with Crippen molar-refractivity contribution in [1.82, 2.24) is 10.4 Å². The van der Waals surface area contributed by atoms with Crippen LogP contribution < -0.4 is 11.2 Å². The molecule has 108 valence electrons. The molecular formula is C12H13F2N3O2S.